The van der Waals surface area contributed by atoms with Gasteiger partial charge in [-0.25, -0.2) is 0 Å². The number of rotatable bonds is 7. The molecule has 0 aliphatic rings. The number of aromatic nitrogens is 2. The van der Waals surface area contributed by atoms with Crippen molar-refractivity contribution in [3.05, 3.63) is 29.3 Å². The summed E-state index contributed by atoms with van der Waals surface area (Å²) in [6.07, 6.45) is 0.472. The van der Waals surface area contributed by atoms with Crippen molar-refractivity contribution < 1.29 is 9.53 Å². The maximum atomic E-state index is 12.2. The number of benzene rings is 1. The van der Waals surface area contributed by atoms with Crippen LogP contribution < -0.4 is 10.1 Å². The van der Waals surface area contributed by atoms with Crippen molar-refractivity contribution in [3.63, 3.8) is 0 Å². The molecule has 0 bridgehead atoms. The minimum absolute atomic E-state index is 0.230. The van der Waals surface area contributed by atoms with E-state index in [0.29, 0.717) is 10.9 Å². The van der Waals surface area contributed by atoms with Crippen LogP contribution in [0.5, 0.6) is 5.75 Å². The molecule has 1 atom stereocenters. The van der Waals surface area contributed by atoms with E-state index in [1.54, 1.807) is 18.7 Å². The van der Waals surface area contributed by atoms with E-state index in [-0.39, 0.29) is 5.91 Å². The molecule has 2 rings (SSSR count). The first-order valence-electron chi connectivity index (χ1n) is 7.50. The largest absolute Gasteiger partial charge is 0.481 e. The van der Waals surface area contributed by atoms with E-state index in [1.807, 2.05) is 32.0 Å². The highest BCUT2D eigenvalue weighted by Gasteiger charge is 2.17. The van der Waals surface area contributed by atoms with Crippen molar-refractivity contribution >= 4 is 34.1 Å². The number of ether oxygens (including phenoxy) is 1. The quantitative estimate of drug-likeness (QED) is 0.602. The molecule has 0 unspecified atom stereocenters. The molecule has 0 radical (unpaired) electrons. The Labute approximate surface area is 144 Å². The second-order valence-corrected chi connectivity index (χ2v) is 7.54. The summed E-state index contributed by atoms with van der Waals surface area (Å²) in [4.78, 5) is 12.2. The highest BCUT2D eigenvalue weighted by Crippen LogP contribution is 2.26. The SMILES string of the molecule is CCCSc1nnc(NC(=O)[C@H](C)Oc2ccc(C)c(C)c2)s1. The number of nitrogens with zero attached hydrogens (tertiary/aromatic N) is 2. The number of hydrogen-bond donors (Lipinski definition) is 1. The van der Waals surface area contributed by atoms with Gasteiger partial charge in [-0.15, -0.1) is 10.2 Å². The Balaban J connectivity index is 1.91. The molecule has 5 nitrogen and oxygen atoms in total. The number of carbonyl (C=O) groups excluding carboxylic acids is 1. The van der Waals surface area contributed by atoms with Crippen LogP contribution in [0, 0.1) is 13.8 Å². The maximum absolute atomic E-state index is 12.2. The molecule has 0 saturated carbocycles. The van der Waals surface area contributed by atoms with Gasteiger partial charge >= 0.3 is 0 Å². The normalized spacial score (nSPS) is 12.0. The third kappa shape index (κ3) is 5.21. The molecule has 2 aromatic rings. The molecular weight excluding hydrogens is 330 g/mol. The summed E-state index contributed by atoms with van der Waals surface area (Å²) >= 11 is 3.03. The fourth-order valence-electron chi connectivity index (χ4n) is 1.76. The topological polar surface area (TPSA) is 64.1 Å². The van der Waals surface area contributed by atoms with Crippen molar-refractivity contribution in [3.8, 4) is 5.75 Å². The molecule has 0 aliphatic heterocycles. The summed E-state index contributed by atoms with van der Waals surface area (Å²) in [6, 6.07) is 5.79. The fraction of sp³-hybridized carbons (Fsp3) is 0.438. The Kier molecular flexibility index (Phi) is 6.41. The number of aryl methyl sites for hydroxylation is 2. The van der Waals surface area contributed by atoms with Gasteiger partial charge in [-0.2, -0.15) is 0 Å². The van der Waals surface area contributed by atoms with Crippen LogP contribution in [0.1, 0.15) is 31.4 Å². The number of amides is 1. The molecule has 1 aromatic heterocycles. The summed E-state index contributed by atoms with van der Waals surface area (Å²) in [5, 5.41) is 11.3. The average molecular weight is 351 g/mol. The molecule has 1 heterocycles. The van der Waals surface area contributed by atoms with Crippen LogP contribution in [0.4, 0.5) is 5.13 Å². The van der Waals surface area contributed by atoms with Gasteiger partial charge in [0.15, 0.2) is 10.4 Å². The highest BCUT2D eigenvalue weighted by atomic mass is 32.2. The summed E-state index contributed by atoms with van der Waals surface area (Å²) in [7, 11) is 0. The second kappa shape index (κ2) is 8.31. The zero-order chi connectivity index (χ0) is 16.8. The Hall–Kier alpha value is -1.60. The second-order valence-electron chi connectivity index (χ2n) is 5.22. The predicted octanol–water partition coefficient (Wildman–Crippen LogP) is 4.06. The maximum Gasteiger partial charge on any atom is 0.266 e. The van der Waals surface area contributed by atoms with Gasteiger partial charge in [-0.05, 0) is 50.5 Å². The lowest BCUT2D eigenvalue weighted by Crippen LogP contribution is -2.30. The van der Waals surface area contributed by atoms with Crippen LogP contribution in [0.15, 0.2) is 22.5 Å². The first kappa shape index (κ1) is 17.7. The molecule has 7 heteroatoms. The van der Waals surface area contributed by atoms with Gasteiger partial charge in [-0.1, -0.05) is 36.1 Å². The Morgan fingerprint density at radius 2 is 2.13 bits per heavy atom. The number of anilines is 1. The van der Waals surface area contributed by atoms with Crippen LogP contribution in [-0.2, 0) is 4.79 Å². The van der Waals surface area contributed by atoms with E-state index in [2.05, 4.69) is 22.4 Å². The van der Waals surface area contributed by atoms with Crippen molar-refractivity contribution in [1.29, 1.82) is 0 Å². The van der Waals surface area contributed by atoms with Gasteiger partial charge in [0.2, 0.25) is 5.13 Å². The van der Waals surface area contributed by atoms with Crippen molar-refractivity contribution in [1.82, 2.24) is 10.2 Å². The molecule has 0 spiro atoms. The first-order chi connectivity index (χ1) is 11.0. The third-order valence-electron chi connectivity index (χ3n) is 3.23. The summed E-state index contributed by atoms with van der Waals surface area (Å²) in [5.74, 6) is 1.45. The average Bonchev–Trinajstić information content (AvgIpc) is 2.96. The number of carbonyl (C=O) groups is 1. The lowest BCUT2D eigenvalue weighted by atomic mass is 10.1. The zero-order valence-corrected chi connectivity index (χ0v) is 15.4. The molecule has 0 fully saturated rings. The fourth-order valence-corrected chi connectivity index (χ4v) is 3.44. The number of nitrogens with one attached hydrogen (secondary N) is 1. The smallest absolute Gasteiger partial charge is 0.266 e. The van der Waals surface area contributed by atoms with Crippen molar-refractivity contribution in [2.24, 2.45) is 0 Å². The van der Waals surface area contributed by atoms with Crippen molar-refractivity contribution in [2.75, 3.05) is 11.1 Å². The summed E-state index contributed by atoms with van der Waals surface area (Å²) in [6.45, 7) is 7.89. The van der Waals surface area contributed by atoms with Crippen LogP contribution in [0.25, 0.3) is 0 Å². The van der Waals surface area contributed by atoms with Gasteiger partial charge in [0, 0.05) is 5.75 Å². The van der Waals surface area contributed by atoms with Crippen molar-refractivity contribution in [2.45, 2.75) is 44.6 Å². The van der Waals surface area contributed by atoms with Gasteiger partial charge in [0.1, 0.15) is 5.75 Å². The van der Waals surface area contributed by atoms with E-state index in [1.165, 1.54) is 16.9 Å². The third-order valence-corrected chi connectivity index (χ3v) is 5.40. The minimum Gasteiger partial charge on any atom is -0.481 e. The molecule has 0 saturated heterocycles. The summed E-state index contributed by atoms with van der Waals surface area (Å²) in [5.41, 5.74) is 2.33. The standard InChI is InChI=1S/C16H21N3O2S2/c1-5-8-22-16-19-18-15(23-16)17-14(20)12(4)21-13-7-6-10(2)11(3)9-13/h6-7,9,12H,5,8H2,1-4H3,(H,17,18,20)/t12-/m0/s1. The number of thioether (sulfide) groups is 1. The van der Waals surface area contributed by atoms with Gasteiger partial charge in [0.05, 0.1) is 0 Å². The molecule has 1 amide bonds. The zero-order valence-electron chi connectivity index (χ0n) is 13.8. The monoisotopic (exact) mass is 351 g/mol. The molecular formula is C16H21N3O2S2. The van der Waals surface area contributed by atoms with E-state index in [0.717, 1.165) is 22.1 Å². The Bertz CT molecular complexity index is 673. The lowest BCUT2D eigenvalue weighted by Gasteiger charge is -2.14. The molecule has 1 N–H and O–H groups in total. The predicted molar refractivity (Wildman–Crippen MR) is 95.6 cm³/mol. The van der Waals surface area contributed by atoms with Gasteiger partial charge < -0.3 is 4.74 Å². The van der Waals surface area contributed by atoms with Crippen LogP contribution in [-0.4, -0.2) is 28.0 Å². The van der Waals surface area contributed by atoms with Gasteiger partial charge in [0.25, 0.3) is 5.91 Å². The minimum atomic E-state index is -0.604. The molecule has 23 heavy (non-hydrogen) atoms. The van der Waals surface area contributed by atoms with Crippen LogP contribution in [0.2, 0.25) is 0 Å². The first-order valence-corrected chi connectivity index (χ1v) is 9.31. The highest BCUT2D eigenvalue weighted by molar-refractivity contribution is 8.01. The van der Waals surface area contributed by atoms with E-state index in [4.69, 9.17) is 4.74 Å². The van der Waals surface area contributed by atoms with Gasteiger partial charge in [-0.3, -0.25) is 10.1 Å². The Morgan fingerprint density at radius 1 is 1.35 bits per heavy atom. The molecule has 0 aliphatic carbocycles. The van der Waals surface area contributed by atoms with E-state index < -0.39 is 6.10 Å². The van der Waals surface area contributed by atoms with Crippen LogP contribution in [0.3, 0.4) is 0 Å². The number of hydrogen-bond acceptors (Lipinski definition) is 6. The summed E-state index contributed by atoms with van der Waals surface area (Å²) < 4.78 is 6.56. The Morgan fingerprint density at radius 3 is 2.83 bits per heavy atom. The molecule has 1 aromatic carbocycles. The van der Waals surface area contributed by atoms with E-state index >= 15 is 0 Å². The van der Waals surface area contributed by atoms with Crippen LogP contribution >= 0.6 is 23.1 Å². The lowest BCUT2D eigenvalue weighted by molar-refractivity contribution is -0.122. The molecule has 124 valence electrons. The van der Waals surface area contributed by atoms with E-state index in [9.17, 15) is 4.79 Å².